The van der Waals surface area contributed by atoms with Crippen LogP contribution in [0, 0.1) is 0 Å². The van der Waals surface area contributed by atoms with Crippen molar-refractivity contribution in [2.24, 2.45) is 5.10 Å². The molecule has 0 aliphatic heterocycles. The van der Waals surface area contributed by atoms with Crippen molar-refractivity contribution < 1.29 is 19.4 Å². The Bertz CT molecular complexity index is 465. The zero-order valence-electron chi connectivity index (χ0n) is 10.1. The summed E-state index contributed by atoms with van der Waals surface area (Å²) in [5.74, 6) is -1.49. The Kier molecular flexibility index (Phi) is 4.86. The monoisotopic (exact) mass is 250 g/mol. The van der Waals surface area contributed by atoms with E-state index in [9.17, 15) is 9.59 Å². The number of rotatable bonds is 5. The molecule has 0 aliphatic rings. The van der Waals surface area contributed by atoms with Crippen LogP contribution >= 0.6 is 0 Å². The molecule has 0 bridgehead atoms. The summed E-state index contributed by atoms with van der Waals surface area (Å²) in [6.45, 7) is 3.53. The molecule has 18 heavy (non-hydrogen) atoms. The lowest BCUT2D eigenvalue weighted by Crippen LogP contribution is -2.15. The Morgan fingerprint density at radius 3 is 2.44 bits per heavy atom. The number of benzene rings is 1. The van der Waals surface area contributed by atoms with Crippen molar-refractivity contribution in [2.75, 3.05) is 12.0 Å². The molecule has 96 valence electrons. The van der Waals surface area contributed by atoms with E-state index in [-0.39, 0.29) is 11.3 Å². The number of anilines is 1. The summed E-state index contributed by atoms with van der Waals surface area (Å²) in [6, 6.07) is 6.01. The number of carboxylic acids is 1. The van der Waals surface area contributed by atoms with Gasteiger partial charge in [0, 0.05) is 0 Å². The first kappa shape index (κ1) is 13.7. The minimum atomic E-state index is -0.993. The molecule has 0 radical (unpaired) electrons. The van der Waals surface area contributed by atoms with Crippen molar-refractivity contribution in [3.05, 3.63) is 29.8 Å². The average Bonchev–Trinajstić information content (AvgIpc) is 2.36. The second-order valence-electron chi connectivity index (χ2n) is 3.41. The van der Waals surface area contributed by atoms with E-state index in [1.807, 2.05) is 0 Å². The molecule has 0 aliphatic carbocycles. The van der Waals surface area contributed by atoms with E-state index in [1.54, 1.807) is 19.1 Å². The second-order valence-corrected chi connectivity index (χ2v) is 3.41. The van der Waals surface area contributed by atoms with Gasteiger partial charge >= 0.3 is 11.9 Å². The van der Waals surface area contributed by atoms with Crippen LogP contribution in [0.1, 0.15) is 24.2 Å². The number of hydrogen-bond donors (Lipinski definition) is 2. The first-order valence-corrected chi connectivity index (χ1v) is 5.35. The van der Waals surface area contributed by atoms with Crippen LogP contribution in [0.25, 0.3) is 0 Å². The molecule has 6 nitrogen and oxygen atoms in total. The van der Waals surface area contributed by atoms with E-state index in [0.29, 0.717) is 12.3 Å². The van der Waals surface area contributed by atoms with Crippen LogP contribution in [0.15, 0.2) is 29.4 Å². The summed E-state index contributed by atoms with van der Waals surface area (Å²) in [6.07, 6.45) is 0. The maximum Gasteiger partial charge on any atom is 0.354 e. The predicted molar refractivity (Wildman–Crippen MR) is 66.8 cm³/mol. The molecule has 0 amide bonds. The molecule has 1 rings (SSSR count). The molecule has 1 aromatic rings. The van der Waals surface area contributed by atoms with Gasteiger partial charge in [0.25, 0.3) is 0 Å². The van der Waals surface area contributed by atoms with Gasteiger partial charge in [0.15, 0.2) is 0 Å². The molecule has 0 aromatic heterocycles. The van der Waals surface area contributed by atoms with Crippen LogP contribution in [0.3, 0.4) is 0 Å². The number of carbonyl (C=O) groups is 2. The summed E-state index contributed by atoms with van der Waals surface area (Å²) >= 11 is 0. The zero-order chi connectivity index (χ0) is 13.5. The maximum absolute atomic E-state index is 11.2. The Morgan fingerprint density at radius 1 is 1.33 bits per heavy atom. The number of carboxylic acid groups (broad SMARTS) is 1. The molecule has 0 fully saturated rings. The van der Waals surface area contributed by atoms with Crippen LogP contribution in [0.2, 0.25) is 0 Å². The Hall–Kier alpha value is -2.37. The molecule has 1 aromatic carbocycles. The van der Waals surface area contributed by atoms with Gasteiger partial charge in [-0.05, 0) is 38.1 Å². The summed E-state index contributed by atoms with van der Waals surface area (Å²) in [7, 11) is 0. The van der Waals surface area contributed by atoms with Crippen molar-refractivity contribution in [1.82, 2.24) is 0 Å². The Morgan fingerprint density at radius 2 is 1.94 bits per heavy atom. The van der Waals surface area contributed by atoms with E-state index in [4.69, 9.17) is 9.84 Å². The van der Waals surface area contributed by atoms with Gasteiger partial charge in [-0.3, -0.25) is 5.43 Å². The number of ether oxygens (including phenoxy) is 1. The van der Waals surface area contributed by atoms with Gasteiger partial charge in [0.05, 0.1) is 17.9 Å². The van der Waals surface area contributed by atoms with Gasteiger partial charge in [-0.25, -0.2) is 9.59 Å². The summed E-state index contributed by atoms with van der Waals surface area (Å²) in [5, 5.41) is 12.5. The third kappa shape index (κ3) is 3.89. The molecular formula is C12H14N2O4. The normalized spacial score (nSPS) is 10.9. The summed E-state index contributed by atoms with van der Waals surface area (Å²) in [5.41, 5.74) is 3.61. The highest BCUT2D eigenvalue weighted by Gasteiger charge is 2.06. The SMILES string of the molecule is CCOC(=O)/C(C)=N/Nc1ccc(C(=O)O)cc1. The Labute approximate surface area is 104 Å². The predicted octanol–water partition coefficient (Wildman–Crippen LogP) is 1.74. The zero-order valence-corrected chi connectivity index (χ0v) is 10.1. The average molecular weight is 250 g/mol. The number of esters is 1. The molecule has 0 heterocycles. The Balaban J connectivity index is 2.65. The van der Waals surface area contributed by atoms with E-state index in [0.717, 1.165) is 0 Å². The van der Waals surface area contributed by atoms with Crippen LogP contribution in [0.4, 0.5) is 5.69 Å². The fourth-order valence-electron chi connectivity index (χ4n) is 1.12. The molecule has 0 spiro atoms. The van der Waals surface area contributed by atoms with Gasteiger partial charge < -0.3 is 9.84 Å². The van der Waals surface area contributed by atoms with Crippen molar-refractivity contribution >= 4 is 23.3 Å². The van der Waals surface area contributed by atoms with Gasteiger partial charge in [0.2, 0.25) is 0 Å². The van der Waals surface area contributed by atoms with Crippen LogP contribution in [-0.4, -0.2) is 29.4 Å². The van der Waals surface area contributed by atoms with E-state index >= 15 is 0 Å². The smallest absolute Gasteiger partial charge is 0.354 e. The highest BCUT2D eigenvalue weighted by Crippen LogP contribution is 2.09. The topological polar surface area (TPSA) is 88.0 Å². The summed E-state index contributed by atoms with van der Waals surface area (Å²) in [4.78, 5) is 21.9. The maximum atomic E-state index is 11.2. The lowest BCUT2D eigenvalue weighted by Gasteiger charge is -2.03. The third-order valence-electron chi connectivity index (χ3n) is 2.06. The van der Waals surface area contributed by atoms with Crippen molar-refractivity contribution in [3.63, 3.8) is 0 Å². The molecule has 0 atom stereocenters. The first-order chi connectivity index (χ1) is 8.54. The third-order valence-corrected chi connectivity index (χ3v) is 2.06. The highest BCUT2D eigenvalue weighted by molar-refractivity contribution is 6.35. The molecule has 2 N–H and O–H groups in total. The highest BCUT2D eigenvalue weighted by atomic mass is 16.5. The number of aromatic carboxylic acids is 1. The number of carbonyl (C=O) groups excluding carboxylic acids is 1. The molecule has 6 heteroatoms. The largest absolute Gasteiger partial charge is 0.478 e. The molecule has 0 saturated carbocycles. The van der Waals surface area contributed by atoms with Gasteiger partial charge in [-0.1, -0.05) is 0 Å². The lowest BCUT2D eigenvalue weighted by atomic mass is 10.2. The van der Waals surface area contributed by atoms with E-state index < -0.39 is 11.9 Å². The number of nitrogens with zero attached hydrogens (tertiary/aromatic N) is 1. The van der Waals surface area contributed by atoms with Crippen LogP contribution in [0.5, 0.6) is 0 Å². The fraction of sp³-hybridized carbons (Fsp3) is 0.250. The van der Waals surface area contributed by atoms with E-state index in [2.05, 4.69) is 10.5 Å². The van der Waals surface area contributed by atoms with Crippen LogP contribution in [-0.2, 0) is 9.53 Å². The first-order valence-electron chi connectivity index (χ1n) is 5.35. The lowest BCUT2D eigenvalue weighted by molar-refractivity contribution is -0.135. The summed E-state index contributed by atoms with van der Waals surface area (Å²) < 4.78 is 4.76. The van der Waals surface area contributed by atoms with Gasteiger partial charge in [-0.15, -0.1) is 0 Å². The number of hydrazone groups is 1. The minimum absolute atomic E-state index is 0.187. The standard InChI is InChI=1S/C12H14N2O4/c1-3-18-12(17)8(2)13-14-10-6-4-9(5-7-10)11(15)16/h4-7,14H,3H2,1-2H3,(H,15,16)/b13-8+. The number of hydrogen-bond acceptors (Lipinski definition) is 5. The number of nitrogens with one attached hydrogen (secondary N) is 1. The van der Waals surface area contributed by atoms with Crippen molar-refractivity contribution in [2.45, 2.75) is 13.8 Å². The van der Waals surface area contributed by atoms with Crippen molar-refractivity contribution in [1.29, 1.82) is 0 Å². The quantitative estimate of drug-likeness (QED) is 0.472. The molecule has 0 saturated heterocycles. The van der Waals surface area contributed by atoms with Gasteiger partial charge in [-0.2, -0.15) is 5.10 Å². The van der Waals surface area contributed by atoms with E-state index in [1.165, 1.54) is 19.1 Å². The van der Waals surface area contributed by atoms with Gasteiger partial charge in [0.1, 0.15) is 5.71 Å². The van der Waals surface area contributed by atoms with Crippen molar-refractivity contribution in [3.8, 4) is 0 Å². The molecule has 0 unspecified atom stereocenters. The fourth-order valence-corrected chi connectivity index (χ4v) is 1.12. The second kappa shape index (κ2) is 6.39. The minimum Gasteiger partial charge on any atom is -0.478 e. The van der Waals surface area contributed by atoms with Crippen LogP contribution < -0.4 is 5.43 Å². The molecular weight excluding hydrogens is 236 g/mol.